The van der Waals surface area contributed by atoms with E-state index in [1.54, 1.807) is 39.0 Å². The van der Waals surface area contributed by atoms with Crippen LogP contribution >= 0.6 is 0 Å². The van der Waals surface area contributed by atoms with Crippen molar-refractivity contribution < 1.29 is 18.7 Å². The zero-order valence-corrected chi connectivity index (χ0v) is 16.5. The van der Waals surface area contributed by atoms with Crippen molar-refractivity contribution in [3.63, 3.8) is 0 Å². The van der Waals surface area contributed by atoms with Crippen LogP contribution in [0.15, 0.2) is 36.4 Å². The van der Waals surface area contributed by atoms with E-state index in [1.165, 1.54) is 6.07 Å². The molecule has 1 atom stereocenters. The molecule has 1 aliphatic rings. The molecule has 0 aromatic heterocycles. The second kappa shape index (κ2) is 7.92. The normalized spacial score (nSPS) is 13.8. The van der Waals surface area contributed by atoms with Crippen LogP contribution in [0.1, 0.15) is 42.3 Å². The van der Waals surface area contributed by atoms with Gasteiger partial charge in [0.05, 0.1) is 6.07 Å². The summed E-state index contributed by atoms with van der Waals surface area (Å²) in [5.41, 5.74) is 2.48. The average molecular weight is 395 g/mol. The third-order valence-corrected chi connectivity index (χ3v) is 4.45. The number of nitrogens with zero attached hydrogens (tertiary/aromatic N) is 1. The quantitative estimate of drug-likeness (QED) is 0.826. The molecular weight excluding hydrogens is 373 g/mol. The van der Waals surface area contributed by atoms with Gasteiger partial charge in [-0.3, -0.25) is 4.79 Å². The SMILES string of the molecule is CC(C)(C)OC(=O)NC(C#N)Cc1ccc(-c2ccc3c(c2)C(=O)NC3)cc1F. The number of hydrogen-bond acceptors (Lipinski definition) is 4. The maximum absolute atomic E-state index is 14.7. The van der Waals surface area contributed by atoms with Crippen molar-refractivity contribution in [2.24, 2.45) is 0 Å². The minimum absolute atomic E-state index is 0.00838. The van der Waals surface area contributed by atoms with Crippen LogP contribution in [-0.2, 0) is 17.7 Å². The van der Waals surface area contributed by atoms with Crippen LogP contribution in [0.25, 0.3) is 11.1 Å². The molecule has 6 nitrogen and oxygen atoms in total. The molecule has 29 heavy (non-hydrogen) atoms. The highest BCUT2D eigenvalue weighted by Crippen LogP contribution is 2.27. The average Bonchev–Trinajstić information content (AvgIpc) is 3.01. The largest absolute Gasteiger partial charge is 0.444 e. The number of carbonyl (C=O) groups is 2. The van der Waals surface area contributed by atoms with Gasteiger partial charge in [-0.05, 0) is 55.2 Å². The Kier molecular flexibility index (Phi) is 5.55. The van der Waals surface area contributed by atoms with E-state index < -0.39 is 23.6 Å². The minimum atomic E-state index is -0.922. The molecule has 0 fully saturated rings. The molecule has 2 amide bonds. The number of rotatable bonds is 4. The molecule has 1 aliphatic heterocycles. The Bertz CT molecular complexity index is 1010. The molecule has 2 N–H and O–H groups in total. The van der Waals surface area contributed by atoms with E-state index >= 15 is 0 Å². The fourth-order valence-electron chi connectivity index (χ4n) is 3.08. The lowest BCUT2D eigenvalue weighted by Gasteiger charge is -2.21. The van der Waals surface area contributed by atoms with E-state index in [2.05, 4.69) is 10.6 Å². The van der Waals surface area contributed by atoms with Crippen molar-refractivity contribution in [2.45, 2.75) is 45.4 Å². The summed E-state index contributed by atoms with van der Waals surface area (Å²) >= 11 is 0. The fourth-order valence-corrected chi connectivity index (χ4v) is 3.08. The third kappa shape index (κ3) is 4.91. The number of alkyl carbamates (subject to hydrolysis) is 1. The first-order valence-electron chi connectivity index (χ1n) is 9.25. The van der Waals surface area contributed by atoms with Gasteiger partial charge in [-0.1, -0.05) is 24.3 Å². The zero-order chi connectivity index (χ0) is 21.2. The van der Waals surface area contributed by atoms with Crippen LogP contribution in [0.5, 0.6) is 0 Å². The predicted molar refractivity (Wildman–Crippen MR) is 105 cm³/mol. The zero-order valence-electron chi connectivity index (χ0n) is 16.5. The Labute approximate surface area is 168 Å². The molecule has 1 heterocycles. The van der Waals surface area contributed by atoms with Crippen molar-refractivity contribution >= 4 is 12.0 Å². The Hall–Kier alpha value is -3.40. The first-order chi connectivity index (χ1) is 13.7. The number of carbonyl (C=O) groups excluding carboxylic acids is 2. The van der Waals surface area contributed by atoms with Crippen molar-refractivity contribution in [1.29, 1.82) is 5.26 Å². The maximum Gasteiger partial charge on any atom is 0.408 e. The Balaban J connectivity index is 1.74. The molecule has 150 valence electrons. The molecule has 0 aliphatic carbocycles. The van der Waals surface area contributed by atoms with Crippen LogP contribution in [0, 0.1) is 17.1 Å². The summed E-state index contributed by atoms with van der Waals surface area (Å²) < 4.78 is 19.8. The molecule has 7 heteroatoms. The highest BCUT2D eigenvalue weighted by atomic mass is 19.1. The number of benzene rings is 2. The summed E-state index contributed by atoms with van der Waals surface area (Å²) in [6.07, 6.45) is -0.716. The lowest BCUT2D eigenvalue weighted by atomic mass is 9.97. The lowest BCUT2D eigenvalue weighted by Crippen LogP contribution is -2.39. The molecule has 0 radical (unpaired) electrons. The monoisotopic (exact) mass is 395 g/mol. The van der Waals surface area contributed by atoms with Crippen LogP contribution < -0.4 is 10.6 Å². The second-order valence-electron chi connectivity index (χ2n) is 7.89. The van der Waals surface area contributed by atoms with Crippen molar-refractivity contribution in [3.8, 4) is 17.2 Å². The van der Waals surface area contributed by atoms with E-state index in [-0.39, 0.29) is 12.3 Å². The van der Waals surface area contributed by atoms with Crippen molar-refractivity contribution in [3.05, 3.63) is 58.9 Å². The van der Waals surface area contributed by atoms with Crippen LogP contribution in [-0.4, -0.2) is 23.6 Å². The van der Waals surface area contributed by atoms with E-state index in [0.29, 0.717) is 23.2 Å². The summed E-state index contributed by atoms with van der Waals surface area (Å²) in [6.45, 7) is 5.65. The van der Waals surface area contributed by atoms with Gasteiger partial charge in [0.15, 0.2) is 0 Å². The molecule has 3 rings (SSSR count). The predicted octanol–water partition coefficient (Wildman–Crippen LogP) is 3.70. The molecule has 0 saturated heterocycles. The van der Waals surface area contributed by atoms with Gasteiger partial charge in [-0.15, -0.1) is 0 Å². The number of halogens is 1. The number of ether oxygens (including phenoxy) is 1. The molecule has 2 aromatic carbocycles. The van der Waals surface area contributed by atoms with E-state index in [4.69, 9.17) is 4.74 Å². The Morgan fingerprint density at radius 3 is 2.62 bits per heavy atom. The number of nitriles is 1. The third-order valence-electron chi connectivity index (χ3n) is 4.45. The Morgan fingerprint density at radius 1 is 1.28 bits per heavy atom. The second-order valence-corrected chi connectivity index (χ2v) is 7.89. The Morgan fingerprint density at radius 2 is 1.97 bits per heavy atom. The van der Waals surface area contributed by atoms with Crippen LogP contribution in [0.2, 0.25) is 0 Å². The van der Waals surface area contributed by atoms with Crippen LogP contribution in [0.4, 0.5) is 9.18 Å². The van der Waals surface area contributed by atoms with Gasteiger partial charge >= 0.3 is 6.09 Å². The van der Waals surface area contributed by atoms with Gasteiger partial charge in [0.1, 0.15) is 17.5 Å². The van der Waals surface area contributed by atoms with Crippen molar-refractivity contribution in [2.75, 3.05) is 0 Å². The molecule has 0 bridgehead atoms. The molecule has 1 unspecified atom stereocenters. The lowest BCUT2D eigenvalue weighted by molar-refractivity contribution is 0.0515. The number of amides is 2. The number of nitrogens with one attached hydrogen (secondary N) is 2. The summed E-state index contributed by atoms with van der Waals surface area (Å²) in [5, 5.41) is 14.5. The van der Waals surface area contributed by atoms with E-state index in [0.717, 1.165) is 11.1 Å². The summed E-state index contributed by atoms with van der Waals surface area (Å²) in [5.74, 6) is -0.622. The maximum atomic E-state index is 14.7. The minimum Gasteiger partial charge on any atom is -0.444 e. The fraction of sp³-hybridized carbons (Fsp3) is 0.318. The first kappa shape index (κ1) is 20.3. The standard InChI is InChI=1S/C22H22FN3O3/c1-22(2,3)29-21(28)26-17(11-24)8-15-6-4-14(10-19(15)23)13-5-7-16-12-25-20(27)18(16)9-13/h4-7,9-10,17H,8,12H2,1-3H3,(H,25,27)(H,26,28). The van der Waals surface area contributed by atoms with Gasteiger partial charge in [-0.25, -0.2) is 9.18 Å². The smallest absolute Gasteiger partial charge is 0.408 e. The highest BCUT2D eigenvalue weighted by molar-refractivity contribution is 5.99. The molecule has 0 spiro atoms. The van der Waals surface area contributed by atoms with Gasteiger partial charge in [0.25, 0.3) is 5.91 Å². The van der Waals surface area contributed by atoms with Gasteiger partial charge in [0, 0.05) is 18.5 Å². The number of fused-ring (bicyclic) bond motifs is 1. The first-order valence-corrected chi connectivity index (χ1v) is 9.25. The summed E-state index contributed by atoms with van der Waals surface area (Å²) in [7, 11) is 0. The topological polar surface area (TPSA) is 91.2 Å². The van der Waals surface area contributed by atoms with Crippen LogP contribution in [0.3, 0.4) is 0 Å². The van der Waals surface area contributed by atoms with Gasteiger partial charge in [0.2, 0.25) is 0 Å². The highest BCUT2D eigenvalue weighted by Gasteiger charge is 2.21. The van der Waals surface area contributed by atoms with E-state index in [1.807, 2.05) is 18.2 Å². The van der Waals surface area contributed by atoms with Crippen molar-refractivity contribution in [1.82, 2.24) is 10.6 Å². The van der Waals surface area contributed by atoms with E-state index in [9.17, 15) is 19.2 Å². The molecule has 0 saturated carbocycles. The summed E-state index contributed by atoms with van der Waals surface area (Å²) in [4.78, 5) is 23.7. The van der Waals surface area contributed by atoms with Gasteiger partial charge in [-0.2, -0.15) is 5.26 Å². The number of hydrogen-bond donors (Lipinski definition) is 2. The molecule has 2 aromatic rings. The summed E-state index contributed by atoms with van der Waals surface area (Å²) in [6, 6.07) is 11.1. The molecular formula is C22H22FN3O3. The van der Waals surface area contributed by atoms with Gasteiger partial charge < -0.3 is 15.4 Å².